The summed E-state index contributed by atoms with van der Waals surface area (Å²) in [6, 6.07) is 2.88. The Morgan fingerprint density at radius 1 is 1.21 bits per heavy atom. The summed E-state index contributed by atoms with van der Waals surface area (Å²) in [7, 11) is 0. The van der Waals surface area contributed by atoms with Crippen molar-refractivity contribution < 1.29 is 4.79 Å². The smallest absolute Gasteiger partial charge is 0.253 e. The molecule has 28 heavy (non-hydrogen) atoms. The van der Waals surface area contributed by atoms with Crippen LogP contribution in [-0.2, 0) is 6.54 Å². The molecule has 0 radical (unpaired) electrons. The number of nitrogens with zero attached hydrogens (tertiary/aromatic N) is 4. The summed E-state index contributed by atoms with van der Waals surface area (Å²) in [6.07, 6.45) is 8.21. The molecule has 0 unspecified atom stereocenters. The molecule has 2 saturated heterocycles. The molecule has 1 N–H and O–H groups in total. The van der Waals surface area contributed by atoms with Gasteiger partial charge in [-0.25, -0.2) is 9.97 Å². The summed E-state index contributed by atoms with van der Waals surface area (Å²) in [6.45, 7) is 7.42. The number of likely N-dealkylation sites (tertiary alicyclic amines) is 1. The van der Waals surface area contributed by atoms with Gasteiger partial charge in [0.1, 0.15) is 5.52 Å². The summed E-state index contributed by atoms with van der Waals surface area (Å²) in [5.74, 6) is 3.09. The SMILES string of the molecule is CC(C)Cn1cnc2cc(C(=O)NC3CCN(C4CCSCC4)CC3)cnc21. The molecule has 2 fully saturated rings. The lowest BCUT2D eigenvalue weighted by Gasteiger charge is -2.39. The highest BCUT2D eigenvalue weighted by Gasteiger charge is 2.27. The molecule has 7 heteroatoms. The van der Waals surface area contributed by atoms with Gasteiger partial charge in [0.2, 0.25) is 0 Å². The van der Waals surface area contributed by atoms with E-state index in [-0.39, 0.29) is 11.9 Å². The summed E-state index contributed by atoms with van der Waals surface area (Å²) >= 11 is 2.08. The maximum Gasteiger partial charge on any atom is 0.253 e. The van der Waals surface area contributed by atoms with Crippen LogP contribution in [0.2, 0.25) is 0 Å². The van der Waals surface area contributed by atoms with Gasteiger partial charge in [-0.15, -0.1) is 0 Å². The van der Waals surface area contributed by atoms with Crippen molar-refractivity contribution in [3.05, 3.63) is 24.2 Å². The van der Waals surface area contributed by atoms with Crippen LogP contribution >= 0.6 is 11.8 Å². The van der Waals surface area contributed by atoms with Crippen LogP contribution in [-0.4, -0.2) is 62.0 Å². The maximum atomic E-state index is 12.7. The summed E-state index contributed by atoms with van der Waals surface area (Å²) in [5.41, 5.74) is 2.25. The fourth-order valence-electron chi connectivity index (χ4n) is 4.33. The minimum atomic E-state index is -0.0275. The highest BCUT2D eigenvalue weighted by atomic mass is 32.2. The van der Waals surface area contributed by atoms with Crippen LogP contribution in [0, 0.1) is 5.92 Å². The lowest BCUT2D eigenvalue weighted by Crippen LogP contribution is -2.48. The number of pyridine rings is 1. The molecule has 2 aliphatic heterocycles. The third kappa shape index (κ3) is 4.51. The van der Waals surface area contributed by atoms with Crippen molar-refractivity contribution in [2.24, 2.45) is 5.92 Å². The third-order valence-corrected chi connectivity index (χ3v) is 6.90. The van der Waals surface area contributed by atoms with E-state index in [1.807, 2.05) is 12.4 Å². The summed E-state index contributed by atoms with van der Waals surface area (Å²) < 4.78 is 2.06. The number of amides is 1. The minimum Gasteiger partial charge on any atom is -0.349 e. The van der Waals surface area contributed by atoms with Crippen LogP contribution in [0.5, 0.6) is 0 Å². The van der Waals surface area contributed by atoms with E-state index in [1.54, 1.807) is 6.20 Å². The second kappa shape index (κ2) is 8.82. The van der Waals surface area contributed by atoms with E-state index in [0.29, 0.717) is 11.5 Å². The number of carbonyl (C=O) groups excluding carboxylic acids is 1. The lowest BCUT2D eigenvalue weighted by atomic mass is 10.0. The van der Waals surface area contributed by atoms with E-state index in [1.165, 1.54) is 24.3 Å². The summed E-state index contributed by atoms with van der Waals surface area (Å²) in [4.78, 5) is 24.3. The Morgan fingerprint density at radius 3 is 2.68 bits per heavy atom. The molecule has 0 atom stereocenters. The molecule has 0 aliphatic carbocycles. The average Bonchev–Trinajstić information content (AvgIpc) is 3.10. The quantitative estimate of drug-likeness (QED) is 0.834. The fraction of sp³-hybridized carbons (Fsp3) is 0.667. The summed E-state index contributed by atoms with van der Waals surface area (Å²) in [5, 5.41) is 3.22. The predicted molar refractivity (Wildman–Crippen MR) is 115 cm³/mol. The Balaban J connectivity index is 1.33. The molecule has 0 saturated carbocycles. The van der Waals surface area contributed by atoms with Gasteiger partial charge in [-0.3, -0.25) is 4.79 Å². The molecule has 0 aromatic carbocycles. The van der Waals surface area contributed by atoms with Gasteiger partial charge in [0.25, 0.3) is 5.91 Å². The number of aromatic nitrogens is 3. The number of hydrogen-bond donors (Lipinski definition) is 1. The topological polar surface area (TPSA) is 63.1 Å². The van der Waals surface area contributed by atoms with E-state index >= 15 is 0 Å². The number of thioether (sulfide) groups is 1. The molecule has 6 nitrogen and oxygen atoms in total. The first kappa shape index (κ1) is 19.7. The van der Waals surface area contributed by atoms with Gasteiger partial charge in [0.05, 0.1) is 11.9 Å². The monoisotopic (exact) mass is 401 g/mol. The fourth-order valence-corrected chi connectivity index (χ4v) is 5.41. The Bertz CT molecular complexity index is 806. The largest absolute Gasteiger partial charge is 0.349 e. The van der Waals surface area contributed by atoms with Crippen molar-refractivity contribution >= 4 is 28.8 Å². The molecular formula is C21H31N5OS. The first-order chi connectivity index (χ1) is 13.6. The van der Waals surface area contributed by atoms with Gasteiger partial charge in [-0.1, -0.05) is 13.8 Å². The van der Waals surface area contributed by atoms with Crippen LogP contribution in [0.4, 0.5) is 0 Å². The Hall–Kier alpha value is -1.60. The lowest BCUT2D eigenvalue weighted by molar-refractivity contribution is 0.0886. The van der Waals surface area contributed by atoms with Crippen molar-refractivity contribution in [1.29, 1.82) is 0 Å². The molecule has 1 amide bonds. The van der Waals surface area contributed by atoms with E-state index in [4.69, 9.17) is 0 Å². The van der Waals surface area contributed by atoms with Gasteiger partial charge in [0, 0.05) is 37.9 Å². The highest BCUT2D eigenvalue weighted by molar-refractivity contribution is 7.99. The predicted octanol–water partition coefficient (Wildman–Crippen LogP) is 3.18. The molecule has 4 heterocycles. The molecule has 0 spiro atoms. The first-order valence-electron chi connectivity index (χ1n) is 10.5. The second-order valence-electron chi connectivity index (χ2n) is 8.48. The molecule has 2 aromatic heterocycles. The number of carbonyl (C=O) groups is 1. The number of nitrogens with one attached hydrogen (secondary N) is 1. The average molecular weight is 402 g/mol. The van der Waals surface area contributed by atoms with Crippen molar-refractivity contribution in [3.8, 4) is 0 Å². The molecule has 0 bridgehead atoms. The number of rotatable bonds is 5. The molecule has 152 valence electrons. The van der Waals surface area contributed by atoms with Gasteiger partial charge in [0.15, 0.2) is 5.65 Å². The van der Waals surface area contributed by atoms with Gasteiger partial charge >= 0.3 is 0 Å². The van der Waals surface area contributed by atoms with E-state index in [0.717, 1.165) is 49.7 Å². The number of fused-ring (bicyclic) bond motifs is 1. The Morgan fingerprint density at radius 2 is 1.96 bits per heavy atom. The Kier molecular flexibility index (Phi) is 6.21. The van der Waals surface area contributed by atoms with E-state index < -0.39 is 0 Å². The standard InChI is InChI=1S/C21H31N5OS/c1-15(2)13-26-14-23-19-11-16(12-22-20(19)26)21(27)24-17-3-7-25(8-4-17)18-5-9-28-10-6-18/h11-12,14-15,17-18H,3-10,13H2,1-2H3,(H,24,27). The van der Waals surface area contributed by atoms with Gasteiger partial charge < -0.3 is 14.8 Å². The first-order valence-corrected chi connectivity index (χ1v) is 11.7. The van der Waals surface area contributed by atoms with Gasteiger partial charge in [-0.05, 0) is 49.2 Å². The molecule has 4 rings (SSSR count). The number of piperidine rings is 1. The van der Waals surface area contributed by atoms with Crippen molar-refractivity contribution in [2.45, 2.75) is 58.2 Å². The van der Waals surface area contributed by atoms with Crippen LogP contribution in [0.1, 0.15) is 49.9 Å². The maximum absolute atomic E-state index is 12.7. The van der Waals surface area contributed by atoms with Crippen molar-refractivity contribution in [1.82, 2.24) is 24.8 Å². The number of hydrogen-bond acceptors (Lipinski definition) is 5. The minimum absolute atomic E-state index is 0.0275. The Labute approximate surface area is 171 Å². The zero-order valence-corrected chi connectivity index (χ0v) is 17.7. The highest BCUT2D eigenvalue weighted by Crippen LogP contribution is 2.24. The zero-order valence-electron chi connectivity index (χ0n) is 16.9. The molecular weight excluding hydrogens is 370 g/mol. The molecule has 2 aliphatic rings. The number of imidazole rings is 1. The van der Waals surface area contributed by atoms with Crippen LogP contribution in [0.3, 0.4) is 0 Å². The van der Waals surface area contributed by atoms with E-state index in [9.17, 15) is 4.79 Å². The van der Waals surface area contributed by atoms with Crippen molar-refractivity contribution in [3.63, 3.8) is 0 Å². The third-order valence-electron chi connectivity index (χ3n) is 5.85. The van der Waals surface area contributed by atoms with E-state index in [2.05, 4.69) is 50.4 Å². The zero-order chi connectivity index (χ0) is 19.5. The van der Waals surface area contributed by atoms with Crippen molar-refractivity contribution in [2.75, 3.05) is 24.6 Å². The van der Waals surface area contributed by atoms with Gasteiger partial charge in [-0.2, -0.15) is 11.8 Å². The van der Waals surface area contributed by atoms with Crippen LogP contribution < -0.4 is 5.32 Å². The normalized spacial score (nSPS) is 20.1. The molecule has 2 aromatic rings. The van der Waals surface area contributed by atoms with Crippen LogP contribution in [0.25, 0.3) is 11.2 Å². The van der Waals surface area contributed by atoms with Crippen LogP contribution in [0.15, 0.2) is 18.6 Å². The second-order valence-corrected chi connectivity index (χ2v) is 9.71.